The van der Waals surface area contributed by atoms with Gasteiger partial charge in [0, 0.05) is 5.02 Å². The lowest BCUT2D eigenvalue weighted by atomic mass is 9.48. The van der Waals surface area contributed by atoms with Crippen LogP contribution in [0.25, 0.3) is 0 Å². The third-order valence-electron chi connectivity index (χ3n) is 6.55. The van der Waals surface area contributed by atoms with Crippen molar-refractivity contribution < 1.29 is 19.4 Å². The summed E-state index contributed by atoms with van der Waals surface area (Å²) in [7, 11) is 0. The molecule has 27 heavy (non-hydrogen) atoms. The second-order valence-corrected chi connectivity index (χ2v) is 9.32. The molecule has 146 valence electrons. The van der Waals surface area contributed by atoms with Crippen molar-refractivity contribution in [3.63, 3.8) is 0 Å². The third-order valence-corrected chi connectivity index (χ3v) is 6.80. The Kier molecular flexibility index (Phi) is 4.71. The van der Waals surface area contributed by atoms with Crippen LogP contribution in [0.4, 0.5) is 0 Å². The molecule has 4 aliphatic carbocycles. The van der Waals surface area contributed by atoms with E-state index in [2.05, 4.69) is 5.32 Å². The van der Waals surface area contributed by atoms with Crippen LogP contribution in [0, 0.1) is 17.3 Å². The first-order valence-electron chi connectivity index (χ1n) is 9.71. The van der Waals surface area contributed by atoms with Crippen LogP contribution in [-0.4, -0.2) is 29.2 Å². The molecule has 4 saturated carbocycles. The van der Waals surface area contributed by atoms with Crippen LogP contribution in [0.1, 0.15) is 57.1 Å². The van der Waals surface area contributed by atoms with E-state index in [4.69, 9.17) is 16.3 Å². The molecule has 0 aliphatic heterocycles. The molecule has 0 saturated heterocycles. The van der Waals surface area contributed by atoms with Gasteiger partial charge in [-0.2, -0.15) is 0 Å². The zero-order valence-electron chi connectivity index (χ0n) is 15.5. The number of amides is 1. The summed E-state index contributed by atoms with van der Waals surface area (Å²) in [5, 5.41) is 14.2. The Hall–Kier alpha value is -1.59. The molecule has 0 heterocycles. The zero-order valence-corrected chi connectivity index (χ0v) is 16.3. The number of hydrogen-bond acceptors (Lipinski definition) is 4. The van der Waals surface area contributed by atoms with Crippen LogP contribution in [0.5, 0.6) is 0 Å². The standard InChI is InChI=1S/C21H26ClNO4/c1-13(16-2-4-17(22)5-3-16)23-18(24)11-27-19(25)20-7-14-6-15(8-20)10-21(26,9-14)12-20/h2-5,13-15,26H,6-12H2,1H3,(H,23,24)/t13-,14-,15+,20?,21?/m1/s1. The van der Waals surface area contributed by atoms with Gasteiger partial charge in [-0.1, -0.05) is 23.7 Å². The highest BCUT2D eigenvalue weighted by Crippen LogP contribution is 2.61. The molecule has 5 atom stereocenters. The Balaban J connectivity index is 1.33. The summed E-state index contributed by atoms with van der Waals surface area (Å²) in [6.07, 6.45) is 4.77. The molecule has 4 aliphatic rings. The number of halogens is 1. The van der Waals surface area contributed by atoms with Crippen LogP contribution < -0.4 is 5.32 Å². The fraction of sp³-hybridized carbons (Fsp3) is 0.619. The highest BCUT2D eigenvalue weighted by atomic mass is 35.5. The summed E-state index contributed by atoms with van der Waals surface area (Å²) in [5.74, 6) is 0.170. The van der Waals surface area contributed by atoms with Crippen molar-refractivity contribution in [2.24, 2.45) is 17.3 Å². The maximum atomic E-state index is 12.8. The molecule has 2 unspecified atom stereocenters. The van der Waals surface area contributed by atoms with Gasteiger partial charge in [0.2, 0.25) is 0 Å². The lowest BCUT2D eigenvalue weighted by Crippen LogP contribution is -2.58. The molecule has 5 rings (SSSR count). The molecule has 1 aromatic rings. The van der Waals surface area contributed by atoms with Gasteiger partial charge in [-0.05, 0) is 75.0 Å². The Morgan fingerprint density at radius 1 is 1.22 bits per heavy atom. The Labute approximate surface area is 164 Å². The first-order valence-corrected chi connectivity index (χ1v) is 10.1. The van der Waals surface area contributed by atoms with Gasteiger partial charge in [-0.15, -0.1) is 0 Å². The number of rotatable bonds is 5. The van der Waals surface area contributed by atoms with E-state index in [1.54, 1.807) is 12.1 Å². The van der Waals surface area contributed by atoms with E-state index in [1.165, 1.54) is 0 Å². The Bertz CT molecular complexity index is 733. The summed E-state index contributed by atoms with van der Waals surface area (Å²) < 4.78 is 5.41. The van der Waals surface area contributed by atoms with Gasteiger partial charge < -0.3 is 15.2 Å². The maximum Gasteiger partial charge on any atom is 0.312 e. The van der Waals surface area contributed by atoms with Crippen LogP contribution in [0.2, 0.25) is 5.02 Å². The highest BCUT2D eigenvalue weighted by molar-refractivity contribution is 6.30. The first kappa shape index (κ1) is 18.8. The number of aliphatic hydroxyl groups is 1. The van der Waals surface area contributed by atoms with Gasteiger partial charge >= 0.3 is 5.97 Å². The van der Waals surface area contributed by atoms with Crippen molar-refractivity contribution in [1.82, 2.24) is 5.32 Å². The Morgan fingerprint density at radius 3 is 2.44 bits per heavy atom. The van der Waals surface area contributed by atoms with Crippen molar-refractivity contribution in [2.75, 3.05) is 6.61 Å². The van der Waals surface area contributed by atoms with E-state index in [9.17, 15) is 14.7 Å². The fourth-order valence-electron chi connectivity index (χ4n) is 5.86. The Morgan fingerprint density at radius 2 is 1.85 bits per heavy atom. The molecule has 1 amide bonds. The fourth-order valence-corrected chi connectivity index (χ4v) is 5.98. The van der Waals surface area contributed by atoms with Gasteiger partial charge in [-0.25, -0.2) is 0 Å². The van der Waals surface area contributed by atoms with Gasteiger partial charge in [0.05, 0.1) is 17.1 Å². The summed E-state index contributed by atoms with van der Waals surface area (Å²) in [6, 6.07) is 7.06. The molecular formula is C21H26ClNO4. The molecular weight excluding hydrogens is 366 g/mol. The number of carbonyl (C=O) groups is 2. The van der Waals surface area contributed by atoms with E-state index in [-0.39, 0.29) is 24.5 Å². The van der Waals surface area contributed by atoms with Crippen molar-refractivity contribution in [3.8, 4) is 0 Å². The number of hydrogen-bond donors (Lipinski definition) is 2. The third kappa shape index (κ3) is 3.72. The van der Waals surface area contributed by atoms with Crippen LogP contribution >= 0.6 is 11.6 Å². The van der Waals surface area contributed by atoms with Crippen molar-refractivity contribution in [1.29, 1.82) is 0 Å². The molecule has 2 N–H and O–H groups in total. The predicted molar refractivity (Wildman–Crippen MR) is 101 cm³/mol. The second-order valence-electron chi connectivity index (χ2n) is 8.88. The number of carbonyl (C=O) groups excluding carboxylic acids is 2. The van der Waals surface area contributed by atoms with Gasteiger partial charge in [-0.3, -0.25) is 9.59 Å². The molecule has 4 fully saturated rings. The minimum absolute atomic E-state index is 0.200. The van der Waals surface area contributed by atoms with Crippen molar-refractivity contribution in [2.45, 2.75) is 57.1 Å². The van der Waals surface area contributed by atoms with Crippen LogP contribution in [-0.2, 0) is 14.3 Å². The van der Waals surface area contributed by atoms with E-state index in [0.29, 0.717) is 23.3 Å². The number of nitrogens with one attached hydrogen (secondary N) is 1. The van der Waals surface area contributed by atoms with E-state index in [1.807, 2.05) is 19.1 Å². The molecule has 0 radical (unpaired) electrons. The summed E-state index contributed by atoms with van der Waals surface area (Å²) in [5.41, 5.74) is -0.377. The first-order chi connectivity index (χ1) is 12.8. The summed E-state index contributed by atoms with van der Waals surface area (Å²) in [6.45, 7) is 1.59. The van der Waals surface area contributed by atoms with E-state index >= 15 is 0 Å². The SMILES string of the molecule is C[C@@H](NC(=O)COC(=O)C12C[C@@H]3C[C@@H](CC(O)(C3)C1)C2)c1ccc(Cl)cc1. The summed E-state index contributed by atoms with van der Waals surface area (Å²) in [4.78, 5) is 25.0. The molecule has 0 spiro atoms. The number of benzene rings is 1. The second kappa shape index (κ2) is 6.78. The molecule has 1 aromatic carbocycles. The monoisotopic (exact) mass is 391 g/mol. The maximum absolute atomic E-state index is 12.8. The minimum atomic E-state index is -0.714. The van der Waals surface area contributed by atoms with E-state index < -0.39 is 11.0 Å². The topological polar surface area (TPSA) is 75.6 Å². The van der Waals surface area contributed by atoms with Crippen LogP contribution in [0.15, 0.2) is 24.3 Å². The summed E-state index contributed by atoms with van der Waals surface area (Å²) >= 11 is 5.88. The van der Waals surface area contributed by atoms with Gasteiger partial charge in [0.1, 0.15) is 0 Å². The smallest absolute Gasteiger partial charge is 0.312 e. The highest BCUT2D eigenvalue weighted by Gasteiger charge is 2.60. The zero-order chi connectivity index (χ0) is 19.2. The molecule has 5 nitrogen and oxygen atoms in total. The lowest BCUT2D eigenvalue weighted by molar-refractivity contribution is -0.196. The van der Waals surface area contributed by atoms with Crippen molar-refractivity contribution in [3.05, 3.63) is 34.9 Å². The number of esters is 1. The molecule has 0 aromatic heterocycles. The quantitative estimate of drug-likeness (QED) is 0.754. The largest absolute Gasteiger partial charge is 0.455 e. The minimum Gasteiger partial charge on any atom is -0.455 e. The van der Waals surface area contributed by atoms with Gasteiger partial charge in [0.15, 0.2) is 6.61 Å². The van der Waals surface area contributed by atoms with Crippen LogP contribution in [0.3, 0.4) is 0 Å². The molecule has 4 bridgehead atoms. The van der Waals surface area contributed by atoms with Crippen molar-refractivity contribution >= 4 is 23.5 Å². The van der Waals surface area contributed by atoms with Gasteiger partial charge in [0.25, 0.3) is 5.91 Å². The average Bonchev–Trinajstić information content (AvgIpc) is 2.58. The predicted octanol–water partition coefficient (Wildman–Crippen LogP) is 3.39. The molecule has 6 heteroatoms. The average molecular weight is 392 g/mol. The van der Waals surface area contributed by atoms with E-state index in [0.717, 1.165) is 37.7 Å². The normalized spacial score (nSPS) is 34.9. The number of ether oxygens (including phenoxy) is 1. The lowest BCUT2D eigenvalue weighted by Gasteiger charge is -2.58.